The van der Waals surface area contributed by atoms with Crippen LogP contribution in [0.15, 0.2) is 88.8 Å². The maximum atomic E-state index is 13.2. The molecule has 6 heteroatoms. The number of ether oxygens (including phenoxy) is 1. The molecule has 4 rings (SSSR count). The first kappa shape index (κ1) is 19.9. The maximum absolute atomic E-state index is 13.2. The van der Waals surface area contributed by atoms with Gasteiger partial charge in [-0.05, 0) is 54.1 Å². The standard InChI is InChI=1S/C24H19FN2O2S/c1-29-18-10-6-16(7-11-18)15-26-24(28)21-14-23(27-22-5-3-2-4-20(21)22)30-19-12-8-17(25)9-13-19/h2-14H,15H2,1H3,(H,26,28). The summed E-state index contributed by atoms with van der Waals surface area (Å²) in [4.78, 5) is 18.5. The van der Waals surface area contributed by atoms with E-state index in [2.05, 4.69) is 10.3 Å². The van der Waals surface area contributed by atoms with Crippen LogP contribution in [0.5, 0.6) is 5.75 Å². The second kappa shape index (κ2) is 8.97. The Labute approximate surface area is 178 Å². The molecule has 0 saturated heterocycles. The van der Waals surface area contributed by atoms with E-state index in [0.717, 1.165) is 27.1 Å². The van der Waals surface area contributed by atoms with Crippen LogP contribution in [-0.2, 0) is 6.54 Å². The molecule has 1 aromatic heterocycles. The number of rotatable bonds is 6. The first-order valence-electron chi connectivity index (χ1n) is 9.37. The van der Waals surface area contributed by atoms with Gasteiger partial charge in [-0.15, -0.1) is 0 Å². The van der Waals surface area contributed by atoms with Gasteiger partial charge in [0.15, 0.2) is 0 Å². The third kappa shape index (κ3) is 4.60. The molecule has 0 saturated carbocycles. The average Bonchev–Trinajstić information content (AvgIpc) is 2.79. The number of pyridine rings is 1. The van der Waals surface area contributed by atoms with Crippen LogP contribution >= 0.6 is 11.8 Å². The van der Waals surface area contributed by atoms with Crippen molar-refractivity contribution in [3.8, 4) is 5.75 Å². The maximum Gasteiger partial charge on any atom is 0.252 e. The molecule has 0 aliphatic rings. The third-order valence-corrected chi connectivity index (χ3v) is 5.51. The molecular formula is C24H19FN2O2S. The molecule has 150 valence electrons. The van der Waals surface area contributed by atoms with Crippen LogP contribution in [0.1, 0.15) is 15.9 Å². The summed E-state index contributed by atoms with van der Waals surface area (Å²) >= 11 is 1.39. The van der Waals surface area contributed by atoms with Crippen LogP contribution < -0.4 is 10.1 Å². The predicted octanol–water partition coefficient (Wildman–Crippen LogP) is 5.46. The Morgan fingerprint density at radius 2 is 1.77 bits per heavy atom. The lowest BCUT2D eigenvalue weighted by molar-refractivity contribution is 0.0952. The highest BCUT2D eigenvalue weighted by atomic mass is 32.2. The number of nitrogens with one attached hydrogen (secondary N) is 1. The molecule has 0 fully saturated rings. The predicted molar refractivity (Wildman–Crippen MR) is 116 cm³/mol. The number of para-hydroxylation sites is 1. The average molecular weight is 418 g/mol. The molecule has 0 radical (unpaired) electrons. The lowest BCUT2D eigenvalue weighted by atomic mass is 10.1. The minimum atomic E-state index is -0.288. The summed E-state index contributed by atoms with van der Waals surface area (Å²) in [5.74, 6) is 0.308. The molecule has 0 atom stereocenters. The first-order valence-corrected chi connectivity index (χ1v) is 10.2. The lowest BCUT2D eigenvalue weighted by Gasteiger charge is -2.11. The number of amides is 1. The number of fused-ring (bicyclic) bond motifs is 1. The number of halogens is 1. The summed E-state index contributed by atoms with van der Waals surface area (Å²) in [5, 5.41) is 4.44. The SMILES string of the molecule is COc1ccc(CNC(=O)c2cc(Sc3ccc(F)cc3)nc3ccccc23)cc1. The highest BCUT2D eigenvalue weighted by molar-refractivity contribution is 7.99. The van der Waals surface area contributed by atoms with Crippen molar-refractivity contribution in [1.29, 1.82) is 0 Å². The number of carbonyl (C=O) groups is 1. The van der Waals surface area contributed by atoms with E-state index in [1.807, 2.05) is 48.5 Å². The molecule has 1 heterocycles. The van der Waals surface area contributed by atoms with Crippen molar-refractivity contribution in [3.63, 3.8) is 0 Å². The zero-order valence-corrected chi connectivity index (χ0v) is 17.1. The van der Waals surface area contributed by atoms with Crippen LogP contribution in [0.2, 0.25) is 0 Å². The van der Waals surface area contributed by atoms with Crippen molar-refractivity contribution in [2.45, 2.75) is 16.5 Å². The van der Waals surface area contributed by atoms with Crippen molar-refractivity contribution in [1.82, 2.24) is 10.3 Å². The Balaban J connectivity index is 1.59. The van der Waals surface area contributed by atoms with E-state index >= 15 is 0 Å². The van der Waals surface area contributed by atoms with Gasteiger partial charge in [0.05, 0.1) is 18.2 Å². The van der Waals surface area contributed by atoms with E-state index in [1.165, 1.54) is 23.9 Å². The molecule has 3 aromatic carbocycles. The topological polar surface area (TPSA) is 51.2 Å². The highest BCUT2D eigenvalue weighted by Crippen LogP contribution is 2.30. The van der Waals surface area contributed by atoms with Crippen molar-refractivity contribution >= 4 is 28.6 Å². The van der Waals surface area contributed by atoms with E-state index in [-0.39, 0.29) is 11.7 Å². The highest BCUT2D eigenvalue weighted by Gasteiger charge is 2.14. The van der Waals surface area contributed by atoms with Crippen LogP contribution in [0, 0.1) is 5.82 Å². The van der Waals surface area contributed by atoms with Gasteiger partial charge >= 0.3 is 0 Å². The number of hydrogen-bond acceptors (Lipinski definition) is 4. The minimum Gasteiger partial charge on any atom is -0.497 e. The largest absolute Gasteiger partial charge is 0.497 e. The summed E-state index contributed by atoms with van der Waals surface area (Å²) in [6, 6.07) is 23.1. The van der Waals surface area contributed by atoms with E-state index in [1.54, 1.807) is 25.3 Å². The van der Waals surface area contributed by atoms with E-state index in [4.69, 9.17) is 4.74 Å². The van der Waals surface area contributed by atoms with E-state index < -0.39 is 0 Å². The van der Waals surface area contributed by atoms with Gasteiger partial charge in [-0.2, -0.15) is 0 Å². The van der Waals surface area contributed by atoms with Crippen LogP contribution in [0.4, 0.5) is 4.39 Å². The van der Waals surface area contributed by atoms with Gasteiger partial charge in [0.25, 0.3) is 5.91 Å². The zero-order valence-electron chi connectivity index (χ0n) is 16.3. The lowest BCUT2D eigenvalue weighted by Crippen LogP contribution is -2.23. The second-order valence-corrected chi connectivity index (χ2v) is 7.71. The van der Waals surface area contributed by atoms with Gasteiger partial charge in [-0.1, -0.05) is 42.1 Å². The number of nitrogens with zero attached hydrogens (tertiary/aromatic N) is 1. The smallest absolute Gasteiger partial charge is 0.252 e. The summed E-state index contributed by atoms with van der Waals surface area (Å²) in [7, 11) is 1.62. The van der Waals surface area contributed by atoms with Gasteiger partial charge in [-0.3, -0.25) is 4.79 Å². The van der Waals surface area contributed by atoms with Crippen molar-refractivity contribution < 1.29 is 13.9 Å². The van der Waals surface area contributed by atoms with E-state index in [9.17, 15) is 9.18 Å². The number of hydrogen-bond donors (Lipinski definition) is 1. The van der Waals surface area contributed by atoms with E-state index in [0.29, 0.717) is 17.1 Å². The molecule has 1 N–H and O–H groups in total. The molecule has 1 amide bonds. The summed E-state index contributed by atoms with van der Waals surface area (Å²) < 4.78 is 18.3. The fourth-order valence-corrected chi connectivity index (χ4v) is 3.87. The second-order valence-electron chi connectivity index (χ2n) is 6.61. The monoisotopic (exact) mass is 418 g/mol. The Morgan fingerprint density at radius 3 is 2.50 bits per heavy atom. The Bertz CT molecular complexity index is 1180. The molecule has 30 heavy (non-hydrogen) atoms. The van der Waals surface area contributed by atoms with Crippen molar-refractivity contribution in [2.75, 3.05) is 7.11 Å². The fraction of sp³-hybridized carbons (Fsp3) is 0.0833. The Kier molecular flexibility index (Phi) is 5.95. The zero-order chi connectivity index (χ0) is 20.9. The fourth-order valence-electron chi connectivity index (χ4n) is 3.04. The molecule has 0 aliphatic carbocycles. The molecule has 0 aliphatic heterocycles. The summed E-state index contributed by atoms with van der Waals surface area (Å²) in [6.07, 6.45) is 0. The summed E-state index contributed by atoms with van der Waals surface area (Å²) in [6.45, 7) is 0.403. The summed E-state index contributed by atoms with van der Waals surface area (Å²) in [5.41, 5.74) is 2.27. The molecular weight excluding hydrogens is 399 g/mol. The number of carbonyl (C=O) groups excluding carboxylic acids is 1. The van der Waals surface area contributed by atoms with Gasteiger partial charge in [-0.25, -0.2) is 9.37 Å². The first-order chi connectivity index (χ1) is 14.6. The minimum absolute atomic E-state index is 0.176. The van der Waals surface area contributed by atoms with Gasteiger partial charge in [0, 0.05) is 16.8 Å². The quantitative estimate of drug-likeness (QED) is 0.452. The van der Waals surface area contributed by atoms with Gasteiger partial charge in [0.1, 0.15) is 16.6 Å². The molecule has 4 nitrogen and oxygen atoms in total. The van der Waals surface area contributed by atoms with Crippen LogP contribution in [0.3, 0.4) is 0 Å². The Morgan fingerprint density at radius 1 is 1.03 bits per heavy atom. The normalized spacial score (nSPS) is 10.7. The third-order valence-electron chi connectivity index (χ3n) is 4.59. The molecule has 0 bridgehead atoms. The van der Waals surface area contributed by atoms with Crippen LogP contribution in [0.25, 0.3) is 10.9 Å². The Hall–Kier alpha value is -3.38. The van der Waals surface area contributed by atoms with Crippen molar-refractivity contribution in [2.24, 2.45) is 0 Å². The number of methoxy groups -OCH3 is 1. The van der Waals surface area contributed by atoms with Gasteiger partial charge in [0.2, 0.25) is 0 Å². The van der Waals surface area contributed by atoms with Crippen LogP contribution in [-0.4, -0.2) is 18.0 Å². The van der Waals surface area contributed by atoms with Crippen molar-refractivity contribution in [3.05, 3.63) is 95.8 Å². The molecule has 0 spiro atoms. The molecule has 0 unspecified atom stereocenters. The molecule has 4 aromatic rings. The van der Waals surface area contributed by atoms with Gasteiger partial charge < -0.3 is 10.1 Å². The number of aromatic nitrogens is 1. The number of benzene rings is 3.